The normalized spacial score (nSPS) is 15.3. The van der Waals surface area contributed by atoms with Crippen molar-refractivity contribution in [2.24, 2.45) is 4.99 Å². The molecule has 180 valence electrons. The molecule has 1 aliphatic rings. The number of allylic oxidation sites excluding steroid dienone is 1. The average Bonchev–Trinajstić information content (AvgIpc) is 3.17. The number of carbonyl (C=O) groups excluding carboxylic acids is 1. The number of carbonyl (C=O) groups is 1. The van der Waals surface area contributed by atoms with E-state index < -0.39 is 12.0 Å². The van der Waals surface area contributed by atoms with E-state index >= 15 is 0 Å². The molecule has 0 saturated carbocycles. The van der Waals surface area contributed by atoms with Gasteiger partial charge >= 0.3 is 5.97 Å². The second kappa shape index (κ2) is 10.6. The summed E-state index contributed by atoms with van der Waals surface area (Å²) in [5.74, 6) is 0.828. The summed E-state index contributed by atoms with van der Waals surface area (Å²) < 4.78 is 18.4. The molecular weight excluding hydrogens is 464 g/mol. The number of aromatic nitrogens is 1. The number of esters is 1. The van der Waals surface area contributed by atoms with Gasteiger partial charge in [0.15, 0.2) is 4.80 Å². The highest BCUT2D eigenvalue weighted by atomic mass is 32.1. The van der Waals surface area contributed by atoms with Gasteiger partial charge in [0.2, 0.25) is 0 Å². The van der Waals surface area contributed by atoms with Crippen LogP contribution in [0.1, 0.15) is 31.0 Å². The number of ether oxygens (including phenoxy) is 3. The Bertz CT molecular complexity index is 1460. The molecule has 3 aromatic rings. The number of para-hydroxylation sites is 1. The van der Waals surface area contributed by atoms with Gasteiger partial charge in [-0.1, -0.05) is 54.3 Å². The van der Waals surface area contributed by atoms with Crippen LogP contribution >= 0.6 is 11.3 Å². The Hall–Kier alpha value is -3.91. The Morgan fingerprint density at radius 2 is 1.94 bits per heavy atom. The van der Waals surface area contributed by atoms with Crippen LogP contribution in [0, 0.1) is 0 Å². The molecule has 0 saturated heterocycles. The van der Waals surface area contributed by atoms with E-state index in [-0.39, 0.29) is 12.2 Å². The van der Waals surface area contributed by atoms with Gasteiger partial charge in [-0.05, 0) is 43.7 Å². The summed E-state index contributed by atoms with van der Waals surface area (Å²) in [6.07, 6.45) is 3.45. The lowest BCUT2D eigenvalue weighted by atomic mass is 9.96. The molecule has 0 radical (unpaired) electrons. The van der Waals surface area contributed by atoms with E-state index in [1.54, 1.807) is 37.7 Å². The second-order valence-electron chi connectivity index (χ2n) is 7.71. The summed E-state index contributed by atoms with van der Waals surface area (Å²) in [4.78, 5) is 31.8. The third-order valence-electron chi connectivity index (χ3n) is 5.51. The molecule has 1 aliphatic heterocycles. The molecule has 1 atom stereocenters. The summed E-state index contributed by atoms with van der Waals surface area (Å²) in [6.45, 7) is 7.77. The van der Waals surface area contributed by atoms with Crippen molar-refractivity contribution in [2.45, 2.75) is 19.9 Å². The molecule has 0 bridgehead atoms. The monoisotopic (exact) mass is 490 g/mol. The Labute approximate surface area is 206 Å². The number of hydrogen-bond donors (Lipinski definition) is 0. The molecule has 0 N–H and O–H groups in total. The summed E-state index contributed by atoms with van der Waals surface area (Å²) in [7, 11) is 1.59. The van der Waals surface area contributed by atoms with Crippen LogP contribution in [-0.4, -0.2) is 30.9 Å². The molecule has 35 heavy (non-hydrogen) atoms. The van der Waals surface area contributed by atoms with Gasteiger partial charge in [0.25, 0.3) is 5.56 Å². The smallest absolute Gasteiger partial charge is 0.338 e. The van der Waals surface area contributed by atoms with E-state index in [2.05, 4.69) is 11.6 Å². The van der Waals surface area contributed by atoms with Crippen LogP contribution in [0.2, 0.25) is 0 Å². The summed E-state index contributed by atoms with van der Waals surface area (Å²) >= 11 is 1.27. The number of methoxy groups -OCH3 is 1. The molecule has 8 heteroatoms. The zero-order chi connectivity index (χ0) is 24.9. The summed E-state index contributed by atoms with van der Waals surface area (Å²) in [5, 5.41) is 0. The minimum absolute atomic E-state index is 0.217. The van der Waals surface area contributed by atoms with Crippen molar-refractivity contribution in [3.8, 4) is 11.5 Å². The quantitative estimate of drug-likeness (QED) is 0.357. The fourth-order valence-corrected chi connectivity index (χ4v) is 4.97. The van der Waals surface area contributed by atoms with Gasteiger partial charge in [-0.15, -0.1) is 0 Å². The van der Waals surface area contributed by atoms with Crippen molar-refractivity contribution in [3.63, 3.8) is 0 Å². The fraction of sp³-hybridized carbons (Fsp3) is 0.222. The zero-order valence-electron chi connectivity index (χ0n) is 19.8. The van der Waals surface area contributed by atoms with Crippen LogP contribution in [0.25, 0.3) is 6.08 Å². The number of fused-ring (bicyclic) bond motifs is 1. The first-order valence-corrected chi connectivity index (χ1v) is 12.0. The number of hydrogen-bond acceptors (Lipinski definition) is 7. The maximum absolute atomic E-state index is 13.7. The van der Waals surface area contributed by atoms with Crippen LogP contribution in [0.5, 0.6) is 11.5 Å². The molecule has 2 aromatic carbocycles. The Morgan fingerprint density at radius 3 is 2.63 bits per heavy atom. The Kier molecular flexibility index (Phi) is 7.31. The van der Waals surface area contributed by atoms with Gasteiger partial charge in [0.05, 0.1) is 35.6 Å². The van der Waals surface area contributed by atoms with Gasteiger partial charge in [-0.2, -0.15) is 0 Å². The fourth-order valence-electron chi connectivity index (χ4n) is 3.94. The minimum Gasteiger partial charge on any atom is -0.496 e. The van der Waals surface area contributed by atoms with E-state index in [1.165, 1.54) is 11.3 Å². The standard InChI is InChI=1S/C27H26N2O5S/c1-5-15-34-20-13-11-18(12-14-20)24-23(26(31)33-6-2)17(3)28-27-29(24)25(30)22(35-27)16-19-9-7-8-10-21(19)32-4/h5,7-14,16,24H,1,6,15H2,2-4H3. The van der Waals surface area contributed by atoms with Crippen molar-refractivity contribution < 1.29 is 19.0 Å². The van der Waals surface area contributed by atoms with E-state index in [0.29, 0.717) is 38.7 Å². The van der Waals surface area contributed by atoms with Crippen molar-refractivity contribution >= 4 is 23.4 Å². The number of rotatable bonds is 8. The predicted molar refractivity (Wildman–Crippen MR) is 136 cm³/mol. The second-order valence-corrected chi connectivity index (χ2v) is 8.72. The molecule has 0 spiro atoms. The van der Waals surface area contributed by atoms with Gasteiger partial charge in [-0.3, -0.25) is 9.36 Å². The first kappa shape index (κ1) is 24.2. The lowest BCUT2D eigenvalue weighted by Crippen LogP contribution is -2.39. The molecule has 7 nitrogen and oxygen atoms in total. The molecular formula is C27H26N2O5S. The van der Waals surface area contributed by atoms with Gasteiger partial charge in [0.1, 0.15) is 18.1 Å². The lowest BCUT2D eigenvalue weighted by molar-refractivity contribution is -0.139. The first-order valence-electron chi connectivity index (χ1n) is 11.1. The van der Waals surface area contributed by atoms with E-state index in [0.717, 1.165) is 11.1 Å². The Balaban J connectivity index is 1.90. The van der Waals surface area contributed by atoms with E-state index in [4.69, 9.17) is 14.2 Å². The highest BCUT2D eigenvalue weighted by molar-refractivity contribution is 7.07. The molecule has 1 aromatic heterocycles. The summed E-state index contributed by atoms with van der Waals surface area (Å²) in [5.41, 5.74) is 2.14. The highest BCUT2D eigenvalue weighted by Crippen LogP contribution is 2.31. The van der Waals surface area contributed by atoms with Crippen LogP contribution in [0.4, 0.5) is 0 Å². The molecule has 0 aliphatic carbocycles. The number of thiazole rings is 1. The van der Waals surface area contributed by atoms with E-state index in [9.17, 15) is 9.59 Å². The molecule has 0 fully saturated rings. The van der Waals surface area contributed by atoms with Crippen molar-refractivity contribution in [1.82, 2.24) is 4.57 Å². The molecule has 1 unspecified atom stereocenters. The third-order valence-corrected chi connectivity index (χ3v) is 6.49. The molecule has 4 rings (SSSR count). The van der Waals surface area contributed by atoms with E-state index in [1.807, 2.05) is 48.5 Å². The van der Waals surface area contributed by atoms with Crippen LogP contribution in [-0.2, 0) is 9.53 Å². The summed E-state index contributed by atoms with van der Waals surface area (Å²) in [6, 6.07) is 14.1. The maximum atomic E-state index is 13.7. The highest BCUT2D eigenvalue weighted by Gasteiger charge is 2.33. The topological polar surface area (TPSA) is 79.1 Å². The number of benzene rings is 2. The minimum atomic E-state index is -0.682. The SMILES string of the molecule is C=CCOc1ccc(C2C(C(=O)OCC)=C(C)N=c3sc(=Cc4ccccc4OC)c(=O)n32)cc1. The zero-order valence-corrected chi connectivity index (χ0v) is 20.6. The third kappa shape index (κ3) is 4.83. The Morgan fingerprint density at radius 1 is 1.20 bits per heavy atom. The van der Waals surface area contributed by atoms with Crippen LogP contribution < -0.4 is 24.4 Å². The van der Waals surface area contributed by atoms with Crippen molar-refractivity contribution in [2.75, 3.05) is 20.3 Å². The maximum Gasteiger partial charge on any atom is 0.338 e. The lowest BCUT2D eigenvalue weighted by Gasteiger charge is -2.24. The largest absolute Gasteiger partial charge is 0.496 e. The number of nitrogens with zero attached hydrogens (tertiary/aromatic N) is 2. The predicted octanol–water partition coefficient (Wildman–Crippen LogP) is 3.37. The molecule has 2 heterocycles. The van der Waals surface area contributed by atoms with Gasteiger partial charge in [0, 0.05) is 5.56 Å². The molecule has 0 amide bonds. The van der Waals surface area contributed by atoms with Crippen LogP contribution in [0.15, 0.2) is 82.2 Å². The van der Waals surface area contributed by atoms with Crippen molar-refractivity contribution in [1.29, 1.82) is 0 Å². The van der Waals surface area contributed by atoms with Gasteiger partial charge in [-0.25, -0.2) is 9.79 Å². The average molecular weight is 491 g/mol. The first-order chi connectivity index (χ1) is 17.0. The van der Waals surface area contributed by atoms with Crippen molar-refractivity contribution in [3.05, 3.63) is 103 Å². The van der Waals surface area contributed by atoms with Gasteiger partial charge < -0.3 is 14.2 Å². The van der Waals surface area contributed by atoms with Crippen LogP contribution in [0.3, 0.4) is 0 Å².